The van der Waals surface area contributed by atoms with Gasteiger partial charge in [-0.2, -0.15) is 0 Å². The molecule has 0 saturated carbocycles. The third kappa shape index (κ3) is 4.10. The SMILES string of the molecule is CN(C)C(=O)N1CC[C@H](c2nnc3ccc(C(=O)NCCc4ccccn4)cn23)C1. The molecule has 1 aliphatic heterocycles. The number of aromatic nitrogens is 4. The van der Waals surface area contributed by atoms with Gasteiger partial charge in [0.15, 0.2) is 5.65 Å². The number of carbonyl (C=O) groups is 2. The van der Waals surface area contributed by atoms with Crippen molar-refractivity contribution in [2.75, 3.05) is 33.7 Å². The van der Waals surface area contributed by atoms with Crippen LogP contribution in [0, 0.1) is 0 Å². The molecule has 3 aromatic rings. The zero-order valence-electron chi connectivity index (χ0n) is 17.2. The average molecular weight is 407 g/mol. The predicted molar refractivity (Wildman–Crippen MR) is 111 cm³/mol. The van der Waals surface area contributed by atoms with E-state index in [0.29, 0.717) is 37.3 Å². The molecule has 4 rings (SSSR count). The van der Waals surface area contributed by atoms with Gasteiger partial charge in [0, 0.05) is 64.2 Å². The molecule has 30 heavy (non-hydrogen) atoms. The molecule has 156 valence electrons. The summed E-state index contributed by atoms with van der Waals surface area (Å²) in [5.74, 6) is 0.719. The molecule has 1 N–H and O–H groups in total. The fraction of sp³-hybridized carbons (Fsp3) is 0.381. The fourth-order valence-corrected chi connectivity index (χ4v) is 3.70. The van der Waals surface area contributed by atoms with E-state index < -0.39 is 0 Å². The number of carbonyl (C=O) groups excluding carboxylic acids is 2. The van der Waals surface area contributed by atoms with Crippen molar-refractivity contribution in [2.24, 2.45) is 0 Å². The lowest BCUT2D eigenvalue weighted by Crippen LogP contribution is -2.37. The number of amides is 3. The summed E-state index contributed by atoms with van der Waals surface area (Å²) in [4.78, 5) is 32.5. The number of urea groups is 1. The van der Waals surface area contributed by atoms with Crippen molar-refractivity contribution in [1.29, 1.82) is 0 Å². The fourth-order valence-electron chi connectivity index (χ4n) is 3.70. The van der Waals surface area contributed by atoms with E-state index in [2.05, 4.69) is 20.5 Å². The molecular formula is C21H25N7O2. The molecule has 1 fully saturated rings. The minimum Gasteiger partial charge on any atom is -0.352 e. The molecule has 0 bridgehead atoms. The van der Waals surface area contributed by atoms with Gasteiger partial charge in [-0.1, -0.05) is 6.07 Å². The normalized spacial score (nSPS) is 16.1. The smallest absolute Gasteiger partial charge is 0.319 e. The topological polar surface area (TPSA) is 95.7 Å². The van der Waals surface area contributed by atoms with Gasteiger partial charge < -0.3 is 15.1 Å². The van der Waals surface area contributed by atoms with Gasteiger partial charge in [-0.3, -0.25) is 14.2 Å². The minimum atomic E-state index is -0.150. The molecule has 1 atom stereocenters. The van der Waals surface area contributed by atoms with Crippen LogP contribution in [0.25, 0.3) is 5.65 Å². The highest BCUT2D eigenvalue weighted by Gasteiger charge is 2.31. The van der Waals surface area contributed by atoms with Crippen molar-refractivity contribution >= 4 is 17.6 Å². The second-order valence-corrected chi connectivity index (χ2v) is 7.64. The number of likely N-dealkylation sites (tertiary alicyclic amines) is 1. The Bertz CT molecular complexity index is 1050. The third-order valence-electron chi connectivity index (χ3n) is 5.29. The lowest BCUT2D eigenvalue weighted by molar-refractivity contribution is 0.0953. The summed E-state index contributed by atoms with van der Waals surface area (Å²) in [5, 5.41) is 11.5. The Morgan fingerprint density at radius 2 is 2.07 bits per heavy atom. The zero-order chi connectivity index (χ0) is 21.1. The van der Waals surface area contributed by atoms with Crippen LogP contribution >= 0.6 is 0 Å². The molecule has 0 aliphatic carbocycles. The van der Waals surface area contributed by atoms with Crippen LogP contribution in [0.15, 0.2) is 42.7 Å². The maximum atomic E-state index is 12.6. The van der Waals surface area contributed by atoms with E-state index in [4.69, 9.17) is 0 Å². The Balaban J connectivity index is 1.45. The van der Waals surface area contributed by atoms with Gasteiger partial charge in [0.25, 0.3) is 5.91 Å². The van der Waals surface area contributed by atoms with E-state index in [1.165, 1.54) is 0 Å². The molecule has 1 saturated heterocycles. The Hall–Kier alpha value is -3.49. The summed E-state index contributed by atoms with van der Waals surface area (Å²) in [5.41, 5.74) is 2.17. The maximum Gasteiger partial charge on any atom is 0.319 e. The monoisotopic (exact) mass is 407 g/mol. The van der Waals surface area contributed by atoms with Gasteiger partial charge in [0.1, 0.15) is 5.82 Å². The van der Waals surface area contributed by atoms with Crippen molar-refractivity contribution < 1.29 is 9.59 Å². The second kappa shape index (κ2) is 8.48. The number of pyridine rings is 2. The minimum absolute atomic E-state index is 0.000654. The van der Waals surface area contributed by atoms with Gasteiger partial charge >= 0.3 is 6.03 Å². The second-order valence-electron chi connectivity index (χ2n) is 7.64. The van der Waals surface area contributed by atoms with E-state index in [9.17, 15) is 9.59 Å². The molecule has 0 aromatic carbocycles. The van der Waals surface area contributed by atoms with Crippen molar-refractivity contribution in [3.05, 3.63) is 59.8 Å². The Labute approximate surface area is 174 Å². The number of hydrogen-bond donors (Lipinski definition) is 1. The van der Waals surface area contributed by atoms with Crippen LogP contribution in [0.4, 0.5) is 4.79 Å². The molecule has 3 amide bonds. The van der Waals surface area contributed by atoms with Crippen LogP contribution < -0.4 is 5.32 Å². The van der Waals surface area contributed by atoms with Gasteiger partial charge in [-0.05, 0) is 30.7 Å². The molecule has 0 radical (unpaired) electrons. The van der Waals surface area contributed by atoms with Gasteiger partial charge in [-0.15, -0.1) is 10.2 Å². The highest BCUT2D eigenvalue weighted by Crippen LogP contribution is 2.27. The van der Waals surface area contributed by atoms with Crippen LogP contribution in [0.1, 0.15) is 34.2 Å². The maximum absolute atomic E-state index is 12.6. The highest BCUT2D eigenvalue weighted by atomic mass is 16.2. The quantitative estimate of drug-likeness (QED) is 0.693. The molecule has 9 heteroatoms. The van der Waals surface area contributed by atoms with Gasteiger partial charge in [0.05, 0.1) is 5.56 Å². The first-order valence-electron chi connectivity index (χ1n) is 10.0. The molecule has 9 nitrogen and oxygen atoms in total. The summed E-state index contributed by atoms with van der Waals surface area (Å²) < 4.78 is 1.86. The first-order chi connectivity index (χ1) is 14.5. The standard InChI is InChI=1S/C21H25N7O2/c1-26(2)21(30)27-12-9-15(13-27)19-25-24-18-7-6-16(14-28(18)19)20(29)23-11-8-17-5-3-4-10-22-17/h3-7,10,14-15H,8-9,11-13H2,1-2H3,(H,23,29)/t15-/m0/s1. The first-order valence-corrected chi connectivity index (χ1v) is 10.0. The summed E-state index contributed by atoms with van der Waals surface area (Å²) in [7, 11) is 3.50. The van der Waals surface area contributed by atoms with E-state index in [1.54, 1.807) is 43.5 Å². The lowest BCUT2D eigenvalue weighted by atomic mass is 10.1. The van der Waals surface area contributed by atoms with Crippen molar-refractivity contribution in [2.45, 2.75) is 18.8 Å². The van der Waals surface area contributed by atoms with E-state index in [1.807, 2.05) is 27.5 Å². The third-order valence-corrected chi connectivity index (χ3v) is 5.29. The first kappa shape index (κ1) is 19.8. The lowest BCUT2D eigenvalue weighted by Gasteiger charge is -2.21. The number of fused-ring (bicyclic) bond motifs is 1. The predicted octanol–water partition coefficient (Wildman–Crippen LogP) is 1.57. The Kier molecular flexibility index (Phi) is 5.60. The van der Waals surface area contributed by atoms with E-state index >= 15 is 0 Å². The number of hydrogen-bond acceptors (Lipinski definition) is 5. The van der Waals surface area contributed by atoms with Crippen molar-refractivity contribution in [3.8, 4) is 0 Å². The summed E-state index contributed by atoms with van der Waals surface area (Å²) in [6.07, 6.45) is 5.01. The largest absolute Gasteiger partial charge is 0.352 e. The average Bonchev–Trinajstić information content (AvgIpc) is 3.40. The zero-order valence-corrected chi connectivity index (χ0v) is 17.2. The van der Waals surface area contributed by atoms with Crippen LogP contribution in [0.2, 0.25) is 0 Å². The van der Waals surface area contributed by atoms with Crippen LogP contribution in [-0.4, -0.2) is 75.0 Å². The molecule has 0 unspecified atom stereocenters. The molecular weight excluding hydrogens is 382 g/mol. The van der Waals surface area contributed by atoms with Crippen LogP contribution in [-0.2, 0) is 6.42 Å². The summed E-state index contributed by atoms with van der Waals surface area (Å²) >= 11 is 0. The van der Waals surface area contributed by atoms with E-state index in [0.717, 1.165) is 17.9 Å². The number of rotatable bonds is 5. The van der Waals surface area contributed by atoms with Crippen molar-refractivity contribution in [1.82, 2.24) is 34.7 Å². The highest BCUT2D eigenvalue weighted by molar-refractivity contribution is 5.94. The Morgan fingerprint density at radius 3 is 2.83 bits per heavy atom. The number of nitrogens with zero attached hydrogens (tertiary/aromatic N) is 6. The van der Waals surface area contributed by atoms with Crippen molar-refractivity contribution in [3.63, 3.8) is 0 Å². The Morgan fingerprint density at radius 1 is 1.20 bits per heavy atom. The van der Waals surface area contributed by atoms with Crippen LogP contribution in [0.5, 0.6) is 0 Å². The molecule has 4 heterocycles. The molecule has 3 aromatic heterocycles. The van der Waals surface area contributed by atoms with Gasteiger partial charge in [0.2, 0.25) is 0 Å². The molecule has 0 spiro atoms. The summed E-state index contributed by atoms with van der Waals surface area (Å²) in [6, 6.07) is 9.28. The molecule has 1 aliphatic rings. The van der Waals surface area contributed by atoms with E-state index in [-0.39, 0.29) is 17.9 Å². The number of nitrogens with one attached hydrogen (secondary N) is 1. The van der Waals surface area contributed by atoms with Gasteiger partial charge in [-0.25, -0.2) is 4.79 Å². The van der Waals surface area contributed by atoms with Crippen LogP contribution in [0.3, 0.4) is 0 Å². The summed E-state index contributed by atoms with van der Waals surface area (Å²) in [6.45, 7) is 1.79.